The highest BCUT2D eigenvalue weighted by Crippen LogP contribution is 2.30. The summed E-state index contributed by atoms with van der Waals surface area (Å²) in [6.45, 7) is 5.70. The molecule has 7 heteroatoms. The molecule has 24 heavy (non-hydrogen) atoms. The van der Waals surface area contributed by atoms with Gasteiger partial charge in [0.1, 0.15) is 19.6 Å². The lowest BCUT2D eigenvalue weighted by molar-refractivity contribution is -0.930. The van der Waals surface area contributed by atoms with Gasteiger partial charge in [0, 0.05) is 5.56 Å². The maximum Gasteiger partial charge on any atom is 0.243 e. The van der Waals surface area contributed by atoms with E-state index >= 15 is 0 Å². The fraction of sp³-hybridized carbons (Fsp3) is 0.647. The third-order valence-corrected chi connectivity index (χ3v) is 6.52. The summed E-state index contributed by atoms with van der Waals surface area (Å²) < 4.78 is 30.6. The van der Waals surface area contributed by atoms with Crippen LogP contribution in [0.5, 0.6) is 0 Å². The Kier molecular flexibility index (Phi) is 5.71. The number of aliphatic hydroxyl groups is 2. The van der Waals surface area contributed by atoms with E-state index < -0.39 is 15.6 Å². The van der Waals surface area contributed by atoms with Gasteiger partial charge in [0.05, 0.1) is 30.9 Å². The van der Waals surface area contributed by atoms with E-state index in [2.05, 4.69) is 0 Å². The van der Waals surface area contributed by atoms with Gasteiger partial charge in [0.25, 0.3) is 0 Å². The molecule has 1 aliphatic heterocycles. The predicted molar refractivity (Wildman–Crippen MR) is 91.1 cm³/mol. The molecule has 0 spiro atoms. The van der Waals surface area contributed by atoms with Crippen LogP contribution in [0.3, 0.4) is 0 Å². The van der Waals surface area contributed by atoms with Crippen molar-refractivity contribution in [1.82, 2.24) is 0 Å². The molecule has 1 saturated heterocycles. The van der Waals surface area contributed by atoms with Crippen LogP contribution in [0.4, 0.5) is 0 Å². The molecule has 1 aromatic carbocycles. The summed E-state index contributed by atoms with van der Waals surface area (Å²) in [7, 11) is -1.35. The van der Waals surface area contributed by atoms with Crippen molar-refractivity contribution in [3.8, 4) is 0 Å². The first-order chi connectivity index (χ1) is 11.1. The second kappa shape index (κ2) is 7.09. The van der Waals surface area contributed by atoms with Crippen molar-refractivity contribution in [1.29, 1.82) is 0 Å². The maximum atomic E-state index is 12.3. The molecule has 1 aliphatic rings. The monoisotopic (exact) mass is 358 g/mol. The Labute approximate surface area is 144 Å². The fourth-order valence-corrected chi connectivity index (χ4v) is 4.76. The van der Waals surface area contributed by atoms with E-state index in [9.17, 15) is 18.6 Å². The van der Waals surface area contributed by atoms with Crippen LogP contribution in [0.15, 0.2) is 29.2 Å². The Morgan fingerprint density at radius 3 is 2.46 bits per heavy atom. The average Bonchev–Trinajstić information content (AvgIpc) is 2.46. The zero-order valence-electron chi connectivity index (χ0n) is 14.6. The van der Waals surface area contributed by atoms with E-state index in [1.165, 1.54) is 12.1 Å². The van der Waals surface area contributed by atoms with Gasteiger partial charge < -0.3 is 19.4 Å². The summed E-state index contributed by atoms with van der Waals surface area (Å²) in [6.07, 6.45) is 0. The zero-order chi connectivity index (χ0) is 18.0. The largest absolute Gasteiger partial charge is 0.391 e. The molecule has 0 saturated carbocycles. The second-order valence-electron chi connectivity index (χ2n) is 7.28. The second-order valence-corrected chi connectivity index (χ2v) is 9.32. The molecule has 0 radical (unpaired) electrons. The summed E-state index contributed by atoms with van der Waals surface area (Å²) in [5.74, 6) is -1.32. The SMILES string of the molecule is CC(C)CS(=O)(=O)c1ccc([C@@]2(O)C[N@+](C)(CCO)CCO2)cc1. The lowest BCUT2D eigenvalue weighted by Crippen LogP contribution is -2.60. The summed E-state index contributed by atoms with van der Waals surface area (Å²) in [5, 5.41) is 20.1. The van der Waals surface area contributed by atoms with E-state index in [-0.39, 0.29) is 23.2 Å². The van der Waals surface area contributed by atoms with E-state index in [0.717, 1.165) is 0 Å². The lowest BCUT2D eigenvalue weighted by atomic mass is 10.0. The molecule has 1 aromatic rings. The molecule has 136 valence electrons. The third-order valence-electron chi connectivity index (χ3n) is 4.43. The van der Waals surface area contributed by atoms with Crippen LogP contribution >= 0.6 is 0 Å². The van der Waals surface area contributed by atoms with Crippen molar-refractivity contribution in [2.75, 3.05) is 45.6 Å². The average molecular weight is 358 g/mol. The highest BCUT2D eigenvalue weighted by Gasteiger charge is 2.44. The van der Waals surface area contributed by atoms with E-state index in [0.29, 0.717) is 36.3 Å². The van der Waals surface area contributed by atoms with Crippen molar-refractivity contribution < 1.29 is 27.9 Å². The number of likely N-dealkylation sites (N-methyl/N-ethyl adjacent to an activating group) is 1. The van der Waals surface area contributed by atoms with E-state index in [1.807, 2.05) is 20.9 Å². The molecule has 6 nitrogen and oxygen atoms in total. The van der Waals surface area contributed by atoms with Gasteiger partial charge in [-0.2, -0.15) is 0 Å². The van der Waals surface area contributed by atoms with Crippen LogP contribution in [0.25, 0.3) is 0 Å². The molecule has 1 fully saturated rings. The number of rotatable bonds is 6. The number of hydrogen-bond donors (Lipinski definition) is 2. The minimum atomic E-state index is -3.32. The van der Waals surface area contributed by atoms with Gasteiger partial charge in [0.2, 0.25) is 5.79 Å². The molecule has 0 unspecified atom stereocenters. The first-order valence-electron chi connectivity index (χ1n) is 8.24. The number of morpholine rings is 1. The third kappa shape index (κ3) is 4.34. The molecule has 0 bridgehead atoms. The summed E-state index contributed by atoms with van der Waals surface area (Å²) >= 11 is 0. The number of quaternary nitrogens is 1. The number of sulfone groups is 1. The van der Waals surface area contributed by atoms with Crippen molar-refractivity contribution in [3.05, 3.63) is 29.8 Å². The number of benzene rings is 1. The van der Waals surface area contributed by atoms with Gasteiger partial charge in [-0.3, -0.25) is 0 Å². The van der Waals surface area contributed by atoms with Gasteiger partial charge >= 0.3 is 0 Å². The topological polar surface area (TPSA) is 83.8 Å². The van der Waals surface area contributed by atoms with Gasteiger partial charge in [-0.25, -0.2) is 8.42 Å². The van der Waals surface area contributed by atoms with E-state index in [4.69, 9.17) is 4.74 Å². The molecule has 2 N–H and O–H groups in total. The van der Waals surface area contributed by atoms with Gasteiger partial charge in [0.15, 0.2) is 9.84 Å². The first kappa shape index (κ1) is 19.3. The maximum absolute atomic E-state index is 12.3. The van der Waals surface area contributed by atoms with Crippen LogP contribution in [0.2, 0.25) is 0 Å². The molecule has 0 aliphatic carbocycles. The van der Waals surface area contributed by atoms with E-state index in [1.54, 1.807) is 12.1 Å². The Bertz CT molecular complexity index is 654. The van der Waals surface area contributed by atoms with Crippen molar-refractivity contribution in [3.63, 3.8) is 0 Å². The molecule has 2 atom stereocenters. The molecular weight excluding hydrogens is 330 g/mol. The minimum Gasteiger partial charge on any atom is -0.391 e. The number of aliphatic hydroxyl groups excluding tert-OH is 1. The van der Waals surface area contributed by atoms with Crippen LogP contribution < -0.4 is 0 Å². The highest BCUT2D eigenvalue weighted by molar-refractivity contribution is 7.91. The summed E-state index contributed by atoms with van der Waals surface area (Å²) in [6, 6.07) is 6.28. The van der Waals surface area contributed by atoms with Gasteiger partial charge in [-0.1, -0.05) is 26.0 Å². The van der Waals surface area contributed by atoms with Gasteiger partial charge in [-0.15, -0.1) is 0 Å². The highest BCUT2D eigenvalue weighted by atomic mass is 32.2. The molecular formula is C17H28NO5S+. The van der Waals surface area contributed by atoms with Crippen LogP contribution in [-0.2, 0) is 20.4 Å². The molecule has 0 aromatic heterocycles. The Balaban J connectivity index is 2.24. The normalized spacial score (nSPS) is 28.2. The summed E-state index contributed by atoms with van der Waals surface area (Å²) in [5.41, 5.74) is 0.535. The standard InChI is InChI=1S/C17H28NO5S/c1-14(2)12-24(21,22)16-6-4-15(5-7-16)17(20)13-18(3,8-10-19)9-11-23-17/h4-7,14,19-20H,8-13H2,1-3H3/q+1/t17-,18-/m1/s1. The lowest BCUT2D eigenvalue weighted by Gasteiger charge is -2.44. The van der Waals surface area contributed by atoms with Crippen LogP contribution in [-0.4, -0.2) is 68.8 Å². The quantitative estimate of drug-likeness (QED) is 0.733. The Morgan fingerprint density at radius 1 is 1.29 bits per heavy atom. The fourth-order valence-electron chi connectivity index (χ4n) is 3.14. The first-order valence-corrected chi connectivity index (χ1v) is 9.89. The number of nitrogens with zero attached hydrogens (tertiary/aromatic N) is 1. The van der Waals surface area contributed by atoms with Crippen LogP contribution in [0.1, 0.15) is 19.4 Å². The smallest absolute Gasteiger partial charge is 0.243 e. The van der Waals surface area contributed by atoms with Crippen molar-refractivity contribution >= 4 is 9.84 Å². The predicted octanol–water partition coefficient (Wildman–Crippen LogP) is 0.730. The number of ether oxygens (including phenoxy) is 1. The Morgan fingerprint density at radius 2 is 1.92 bits per heavy atom. The van der Waals surface area contributed by atoms with Crippen molar-refractivity contribution in [2.24, 2.45) is 5.92 Å². The van der Waals surface area contributed by atoms with Crippen molar-refractivity contribution in [2.45, 2.75) is 24.5 Å². The molecule has 1 heterocycles. The molecule has 2 rings (SSSR count). The Hall–Kier alpha value is -0.990. The minimum absolute atomic E-state index is 0.0406. The van der Waals surface area contributed by atoms with Crippen LogP contribution in [0, 0.1) is 5.92 Å². The molecule has 0 amide bonds. The number of hydrogen-bond acceptors (Lipinski definition) is 5. The zero-order valence-corrected chi connectivity index (χ0v) is 15.4. The summed E-state index contributed by atoms with van der Waals surface area (Å²) in [4.78, 5) is 0.256. The van der Waals surface area contributed by atoms with Gasteiger partial charge in [-0.05, 0) is 18.1 Å².